The van der Waals surface area contributed by atoms with Crippen molar-refractivity contribution in [1.29, 1.82) is 0 Å². The fourth-order valence-corrected chi connectivity index (χ4v) is 3.43. The molecule has 30 heavy (non-hydrogen) atoms. The average molecular weight is 413 g/mol. The van der Waals surface area contributed by atoms with Crippen LogP contribution in [0.1, 0.15) is 24.0 Å². The van der Waals surface area contributed by atoms with Gasteiger partial charge in [0.2, 0.25) is 11.8 Å². The molecule has 1 saturated heterocycles. The van der Waals surface area contributed by atoms with Gasteiger partial charge in [-0.1, -0.05) is 48.5 Å². The lowest BCUT2D eigenvalue weighted by molar-refractivity contribution is -0.130. The number of rotatable bonds is 7. The van der Waals surface area contributed by atoms with E-state index in [9.17, 15) is 18.8 Å². The zero-order valence-corrected chi connectivity index (χ0v) is 16.4. The molecule has 0 radical (unpaired) electrons. The molecule has 0 spiro atoms. The summed E-state index contributed by atoms with van der Waals surface area (Å²) >= 11 is 0. The van der Waals surface area contributed by atoms with E-state index in [1.807, 2.05) is 30.3 Å². The van der Waals surface area contributed by atoms with Gasteiger partial charge in [0.05, 0.1) is 0 Å². The van der Waals surface area contributed by atoms with Gasteiger partial charge in [-0.3, -0.25) is 14.5 Å². The Kier molecular flexibility index (Phi) is 7.00. The average Bonchev–Trinajstić information content (AvgIpc) is 3.24. The summed E-state index contributed by atoms with van der Waals surface area (Å²) in [5, 5.41) is 2.56. The van der Waals surface area contributed by atoms with Crippen molar-refractivity contribution in [3.8, 4) is 0 Å². The summed E-state index contributed by atoms with van der Waals surface area (Å²) in [5.41, 5.74) is 6.52. The highest BCUT2D eigenvalue weighted by Crippen LogP contribution is 2.20. The molecule has 0 bridgehead atoms. The van der Waals surface area contributed by atoms with E-state index in [1.165, 1.54) is 23.1 Å². The van der Waals surface area contributed by atoms with Gasteiger partial charge in [-0.15, -0.1) is 0 Å². The minimum Gasteiger partial charge on any atom is -0.445 e. The Bertz CT molecular complexity index is 906. The molecule has 1 fully saturated rings. The van der Waals surface area contributed by atoms with Gasteiger partial charge >= 0.3 is 6.09 Å². The molecule has 1 aliphatic rings. The van der Waals surface area contributed by atoms with E-state index in [2.05, 4.69) is 5.32 Å². The van der Waals surface area contributed by atoms with Crippen LogP contribution in [0.4, 0.5) is 9.18 Å². The summed E-state index contributed by atoms with van der Waals surface area (Å²) < 4.78 is 19.2. The molecular formula is C22H24FN3O4. The van der Waals surface area contributed by atoms with E-state index < -0.39 is 35.8 Å². The number of nitrogens with two attached hydrogens (primary N) is 1. The summed E-state index contributed by atoms with van der Waals surface area (Å²) in [4.78, 5) is 38.4. The van der Waals surface area contributed by atoms with Gasteiger partial charge < -0.3 is 15.8 Å². The molecule has 0 aromatic heterocycles. The van der Waals surface area contributed by atoms with Crippen LogP contribution < -0.4 is 11.1 Å². The van der Waals surface area contributed by atoms with E-state index in [0.717, 1.165) is 5.56 Å². The molecule has 1 heterocycles. The van der Waals surface area contributed by atoms with E-state index >= 15 is 0 Å². The summed E-state index contributed by atoms with van der Waals surface area (Å²) in [6.45, 7) is 0.474. The van der Waals surface area contributed by atoms with E-state index in [0.29, 0.717) is 19.4 Å². The Balaban J connectivity index is 1.61. The third kappa shape index (κ3) is 5.34. The van der Waals surface area contributed by atoms with Crippen LogP contribution in [-0.4, -0.2) is 41.4 Å². The monoisotopic (exact) mass is 413 g/mol. The normalized spacial score (nSPS) is 16.7. The number of nitrogens with zero attached hydrogens (tertiary/aromatic N) is 1. The molecule has 7 nitrogen and oxygen atoms in total. The Morgan fingerprint density at radius 3 is 2.53 bits per heavy atom. The lowest BCUT2D eigenvalue weighted by Gasteiger charge is -2.25. The van der Waals surface area contributed by atoms with Gasteiger partial charge in [-0.25, -0.2) is 9.18 Å². The molecule has 0 aliphatic carbocycles. The van der Waals surface area contributed by atoms with Gasteiger partial charge in [0, 0.05) is 13.0 Å². The standard InChI is InChI=1S/C22H24FN3O4/c23-17-10-5-4-9-16(17)13-18(20(24)27)25-21(28)19-11-6-12-26(19)22(29)30-14-15-7-2-1-3-8-15/h1-5,7-10,18-19H,6,11-14H2,(H2,24,27)(H,25,28)/t18-,19-/m1/s1. The second-order valence-corrected chi connectivity index (χ2v) is 7.15. The number of ether oxygens (including phenoxy) is 1. The molecule has 3 N–H and O–H groups in total. The molecule has 158 valence electrons. The molecule has 8 heteroatoms. The molecule has 3 amide bonds. The van der Waals surface area contributed by atoms with Crippen LogP contribution in [0.15, 0.2) is 54.6 Å². The van der Waals surface area contributed by atoms with Crippen molar-refractivity contribution in [2.24, 2.45) is 5.73 Å². The molecule has 3 rings (SSSR count). The Morgan fingerprint density at radius 1 is 1.13 bits per heavy atom. The lowest BCUT2D eigenvalue weighted by Crippen LogP contribution is -2.53. The smallest absolute Gasteiger partial charge is 0.410 e. The van der Waals surface area contributed by atoms with Gasteiger partial charge in [0.1, 0.15) is 24.5 Å². The summed E-state index contributed by atoms with van der Waals surface area (Å²) in [6.07, 6.45) is 0.407. The van der Waals surface area contributed by atoms with Crippen molar-refractivity contribution in [1.82, 2.24) is 10.2 Å². The lowest BCUT2D eigenvalue weighted by atomic mass is 10.0. The van der Waals surface area contributed by atoms with Gasteiger partial charge in [-0.05, 0) is 30.0 Å². The van der Waals surface area contributed by atoms with E-state index in [4.69, 9.17) is 10.5 Å². The zero-order valence-electron chi connectivity index (χ0n) is 16.4. The maximum absolute atomic E-state index is 13.9. The number of amides is 3. The molecule has 0 saturated carbocycles. The predicted molar refractivity (Wildman–Crippen MR) is 108 cm³/mol. The molecule has 1 aliphatic heterocycles. The Hall–Kier alpha value is -3.42. The maximum atomic E-state index is 13.9. The van der Waals surface area contributed by atoms with Crippen molar-refractivity contribution in [3.05, 3.63) is 71.5 Å². The number of halogens is 1. The topological polar surface area (TPSA) is 102 Å². The van der Waals surface area contributed by atoms with Crippen molar-refractivity contribution >= 4 is 17.9 Å². The van der Waals surface area contributed by atoms with Crippen LogP contribution in [0.3, 0.4) is 0 Å². The van der Waals surface area contributed by atoms with Crippen LogP contribution >= 0.6 is 0 Å². The van der Waals surface area contributed by atoms with Gasteiger partial charge in [0.15, 0.2) is 0 Å². The molecular weight excluding hydrogens is 389 g/mol. The van der Waals surface area contributed by atoms with Crippen LogP contribution in [0, 0.1) is 5.82 Å². The zero-order chi connectivity index (χ0) is 21.5. The van der Waals surface area contributed by atoms with Crippen LogP contribution in [-0.2, 0) is 27.4 Å². The summed E-state index contributed by atoms with van der Waals surface area (Å²) in [7, 11) is 0. The number of hydrogen-bond donors (Lipinski definition) is 2. The first-order valence-electron chi connectivity index (χ1n) is 9.76. The molecule has 2 aromatic rings. The maximum Gasteiger partial charge on any atom is 0.410 e. The Morgan fingerprint density at radius 2 is 1.83 bits per heavy atom. The molecule has 0 unspecified atom stereocenters. The number of nitrogens with one attached hydrogen (secondary N) is 1. The van der Waals surface area contributed by atoms with Gasteiger partial charge in [0.25, 0.3) is 0 Å². The number of hydrogen-bond acceptors (Lipinski definition) is 4. The van der Waals surface area contributed by atoms with Crippen LogP contribution in [0.25, 0.3) is 0 Å². The number of carbonyl (C=O) groups is 3. The van der Waals surface area contributed by atoms with Crippen molar-refractivity contribution in [3.63, 3.8) is 0 Å². The van der Waals surface area contributed by atoms with Crippen LogP contribution in [0.2, 0.25) is 0 Å². The first-order valence-corrected chi connectivity index (χ1v) is 9.76. The van der Waals surface area contributed by atoms with E-state index in [1.54, 1.807) is 6.07 Å². The highest BCUT2D eigenvalue weighted by molar-refractivity contribution is 5.91. The Labute approximate surface area is 174 Å². The SMILES string of the molecule is NC(=O)[C@@H](Cc1ccccc1F)NC(=O)[C@H]1CCCN1C(=O)OCc1ccccc1. The third-order valence-corrected chi connectivity index (χ3v) is 5.04. The number of benzene rings is 2. The van der Waals surface area contributed by atoms with Crippen molar-refractivity contribution < 1.29 is 23.5 Å². The number of likely N-dealkylation sites (tertiary alicyclic amines) is 1. The minimum atomic E-state index is -1.09. The van der Waals surface area contributed by atoms with Gasteiger partial charge in [-0.2, -0.15) is 0 Å². The first kappa shape index (κ1) is 21.3. The third-order valence-electron chi connectivity index (χ3n) is 5.04. The molecule has 2 atom stereocenters. The highest BCUT2D eigenvalue weighted by atomic mass is 19.1. The van der Waals surface area contributed by atoms with E-state index in [-0.39, 0.29) is 18.6 Å². The second-order valence-electron chi connectivity index (χ2n) is 7.15. The predicted octanol–water partition coefficient (Wildman–Crippen LogP) is 2.14. The molecule has 2 aromatic carbocycles. The van der Waals surface area contributed by atoms with Crippen LogP contribution in [0.5, 0.6) is 0 Å². The first-order chi connectivity index (χ1) is 14.5. The van der Waals surface area contributed by atoms with Crippen molar-refractivity contribution in [2.45, 2.75) is 38.0 Å². The summed E-state index contributed by atoms with van der Waals surface area (Å²) in [5.74, 6) is -1.77. The number of primary amides is 1. The summed E-state index contributed by atoms with van der Waals surface area (Å²) in [6, 6.07) is 13.3. The van der Waals surface area contributed by atoms with Crippen molar-refractivity contribution in [2.75, 3.05) is 6.54 Å². The fourth-order valence-electron chi connectivity index (χ4n) is 3.43. The largest absolute Gasteiger partial charge is 0.445 e. The minimum absolute atomic E-state index is 0.0705. The highest BCUT2D eigenvalue weighted by Gasteiger charge is 2.36. The number of carbonyl (C=O) groups excluding carboxylic acids is 3. The fraction of sp³-hybridized carbons (Fsp3) is 0.318. The second kappa shape index (κ2) is 9.87. The quantitative estimate of drug-likeness (QED) is 0.726.